The zero-order chi connectivity index (χ0) is 21.9. The highest BCUT2D eigenvalue weighted by molar-refractivity contribution is 7.89. The van der Waals surface area contributed by atoms with Crippen LogP contribution in [0.25, 0.3) is 0 Å². The van der Waals surface area contributed by atoms with Crippen LogP contribution in [0, 0.1) is 0 Å². The zero-order valence-corrected chi connectivity index (χ0v) is 17.9. The van der Waals surface area contributed by atoms with E-state index in [1.54, 1.807) is 18.3 Å². The van der Waals surface area contributed by atoms with Gasteiger partial charge in [-0.1, -0.05) is 11.6 Å². The maximum Gasteiger partial charge on any atom is 0.337 e. The number of anilines is 1. The van der Waals surface area contributed by atoms with E-state index in [0.717, 1.165) is 0 Å². The van der Waals surface area contributed by atoms with E-state index < -0.39 is 22.0 Å². The number of sulfonamides is 1. The first-order chi connectivity index (χ1) is 14.3. The summed E-state index contributed by atoms with van der Waals surface area (Å²) in [5, 5.41) is 0.488. The summed E-state index contributed by atoms with van der Waals surface area (Å²) in [6.45, 7) is 1.14. The fraction of sp³-hybridized carbons (Fsp3) is 0.316. The van der Waals surface area contributed by atoms with Gasteiger partial charge in [0.2, 0.25) is 10.0 Å². The van der Waals surface area contributed by atoms with Gasteiger partial charge in [-0.2, -0.15) is 4.31 Å². The van der Waals surface area contributed by atoms with Crippen molar-refractivity contribution in [1.29, 1.82) is 0 Å². The molecule has 1 aromatic carbocycles. The number of pyridine rings is 1. The molecule has 0 amide bonds. The lowest BCUT2D eigenvalue weighted by Gasteiger charge is -2.35. The summed E-state index contributed by atoms with van der Waals surface area (Å²) in [5.74, 6) is -0.921. The molecule has 0 spiro atoms. The van der Waals surface area contributed by atoms with E-state index in [0.29, 0.717) is 23.9 Å². The van der Waals surface area contributed by atoms with E-state index in [4.69, 9.17) is 11.6 Å². The number of esters is 2. The van der Waals surface area contributed by atoms with E-state index in [-0.39, 0.29) is 29.1 Å². The topological polar surface area (TPSA) is 106 Å². The van der Waals surface area contributed by atoms with Crippen LogP contribution in [0.1, 0.15) is 20.7 Å². The first-order valence-electron chi connectivity index (χ1n) is 8.95. The predicted molar refractivity (Wildman–Crippen MR) is 109 cm³/mol. The van der Waals surface area contributed by atoms with Gasteiger partial charge >= 0.3 is 11.9 Å². The Bertz CT molecular complexity index is 1030. The first kappa shape index (κ1) is 22.0. The molecule has 1 fully saturated rings. The lowest BCUT2D eigenvalue weighted by Crippen LogP contribution is -2.49. The molecule has 1 aromatic heterocycles. The average Bonchev–Trinajstić information content (AvgIpc) is 2.78. The van der Waals surface area contributed by atoms with Gasteiger partial charge < -0.3 is 14.4 Å². The molecule has 0 atom stereocenters. The molecule has 2 aromatic rings. The van der Waals surface area contributed by atoms with Gasteiger partial charge in [0.1, 0.15) is 5.82 Å². The highest BCUT2D eigenvalue weighted by Gasteiger charge is 2.31. The van der Waals surface area contributed by atoms with Crippen LogP contribution >= 0.6 is 11.6 Å². The molecule has 30 heavy (non-hydrogen) atoms. The van der Waals surface area contributed by atoms with E-state index in [1.807, 2.05) is 4.90 Å². The second kappa shape index (κ2) is 8.99. The van der Waals surface area contributed by atoms with Crippen molar-refractivity contribution >= 4 is 39.4 Å². The lowest BCUT2D eigenvalue weighted by atomic mass is 10.1. The van der Waals surface area contributed by atoms with Crippen LogP contribution in [-0.2, 0) is 19.5 Å². The third-order valence-corrected chi connectivity index (χ3v) is 6.84. The van der Waals surface area contributed by atoms with Gasteiger partial charge in [-0.3, -0.25) is 0 Å². The summed E-state index contributed by atoms with van der Waals surface area (Å²) in [5.41, 5.74) is -0.115. The number of hydrogen-bond acceptors (Lipinski definition) is 8. The largest absolute Gasteiger partial charge is 0.465 e. The molecule has 160 valence electrons. The number of hydrogen-bond donors (Lipinski definition) is 0. The maximum absolute atomic E-state index is 13.2. The number of nitrogens with zero attached hydrogens (tertiary/aromatic N) is 3. The summed E-state index contributed by atoms with van der Waals surface area (Å²) in [4.78, 5) is 29.9. The van der Waals surface area contributed by atoms with E-state index >= 15 is 0 Å². The molecule has 1 saturated heterocycles. The molecule has 11 heteroatoms. The third kappa shape index (κ3) is 4.40. The molecule has 0 bridgehead atoms. The standard InChI is InChI=1S/C19H20ClN3O6S/c1-28-18(24)13-10-14(19(25)29-2)12-15(11-13)30(26,27)23-8-6-22(7-9-23)17-16(20)4-3-5-21-17/h3-5,10-12H,6-9H2,1-2H3. The molecule has 2 heterocycles. The highest BCUT2D eigenvalue weighted by atomic mass is 35.5. The maximum atomic E-state index is 13.2. The van der Waals surface area contributed by atoms with Crippen LogP contribution in [-0.4, -0.2) is 70.0 Å². The molecule has 0 unspecified atom stereocenters. The smallest absolute Gasteiger partial charge is 0.337 e. The van der Waals surface area contributed by atoms with E-state index in [1.165, 1.54) is 36.7 Å². The van der Waals surface area contributed by atoms with Crippen molar-refractivity contribution in [1.82, 2.24) is 9.29 Å². The van der Waals surface area contributed by atoms with Crippen LogP contribution < -0.4 is 4.90 Å². The Labute approximate surface area is 179 Å². The Kier molecular flexibility index (Phi) is 6.59. The zero-order valence-electron chi connectivity index (χ0n) is 16.4. The van der Waals surface area contributed by atoms with Crippen LogP contribution in [0.15, 0.2) is 41.4 Å². The number of ether oxygens (including phenoxy) is 2. The number of halogens is 1. The molecule has 0 N–H and O–H groups in total. The first-order valence-corrected chi connectivity index (χ1v) is 10.8. The number of carbonyl (C=O) groups excluding carboxylic acids is 2. The van der Waals surface area contributed by atoms with Crippen molar-refractivity contribution in [2.45, 2.75) is 4.90 Å². The predicted octanol–water partition coefficient (Wildman–Crippen LogP) is 1.82. The van der Waals surface area contributed by atoms with E-state index in [9.17, 15) is 18.0 Å². The molecule has 1 aliphatic rings. The summed E-state index contributed by atoms with van der Waals surface area (Å²) in [6, 6.07) is 7.06. The SMILES string of the molecule is COC(=O)c1cc(C(=O)OC)cc(S(=O)(=O)N2CCN(c3ncccc3Cl)CC2)c1. The monoisotopic (exact) mass is 453 g/mol. The minimum Gasteiger partial charge on any atom is -0.465 e. The minimum absolute atomic E-state index is 0.0575. The Morgan fingerprint density at radius 1 is 1.00 bits per heavy atom. The van der Waals surface area contributed by atoms with Crippen LogP contribution in [0.5, 0.6) is 0 Å². The number of benzene rings is 1. The van der Waals surface area contributed by atoms with Gasteiger partial charge in [-0.15, -0.1) is 0 Å². The number of piperazine rings is 1. The second-order valence-electron chi connectivity index (χ2n) is 6.43. The lowest BCUT2D eigenvalue weighted by molar-refractivity contribution is 0.0598. The van der Waals surface area contributed by atoms with Crippen LogP contribution in [0.4, 0.5) is 5.82 Å². The van der Waals surface area contributed by atoms with Gasteiger partial charge in [0.15, 0.2) is 0 Å². The van der Waals surface area contributed by atoms with Gasteiger partial charge in [0, 0.05) is 32.4 Å². The Morgan fingerprint density at radius 3 is 2.07 bits per heavy atom. The molecule has 0 aliphatic carbocycles. The van der Waals surface area contributed by atoms with E-state index in [2.05, 4.69) is 14.5 Å². The normalized spacial score (nSPS) is 15.0. The summed E-state index contributed by atoms with van der Waals surface area (Å²) >= 11 is 6.18. The van der Waals surface area contributed by atoms with Gasteiger partial charge in [0.05, 0.1) is 35.3 Å². The van der Waals surface area contributed by atoms with Gasteiger partial charge in [-0.05, 0) is 30.3 Å². The second-order valence-corrected chi connectivity index (χ2v) is 8.77. The summed E-state index contributed by atoms with van der Waals surface area (Å²) in [7, 11) is -1.63. The van der Waals surface area contributed by atoms with Gasteiger partial charge in [0.25, 0.3) is 0 Å². The summed E-state index contributed by atoms with van der Waals surface area (Å²) < 4.78 is 37.0. The Morgan fingerprint density at radius 2 is 1.57 bits per heavy atom. The fourth-order valence-electron chi connectivity index (χ4n) is 3.12. The number of aromatic nitrogens is 1. The number of rotatable bonds is 5. The Hall–Kier alpha value is -2.69. The molecule has 1 aliphatic heterocycles. The molecule has 9 nitrogen and oxygen atoms in total. The minimum atomic E-state index is -3.97. The summed E-state index contributed by atoms with van der Waals surface area (Å²) in [6.07, 6.45) is 1.62. The third-order valence-electron chi connectivity index (χ3n) is 4.66. The quantitative estimate of drug-likeness (QED) is 0.631. The number of carbonyl (C=O) groups is 2. The van der Waals surface area contributed by atoms with Crippen molar-refractivity contribution in [2.75, 3.05) is 45.3 Å². The molecular weight excluding hydrogens is 434 g/mol. The Balaban J connectivity index is 1.87. The van der Waals surface area contributed by atoms with Crippen molar-refractivity contribution < 1.29 is 27.5 Å². The highest BCUT2D eigenvalue weighted by Crippen LogP contribution is 2.26. The average molecular weight is 454 g/mol. The van der Waals surface area contributed by atoms with Crippen LogP contribution in [0.2, 0.25) is 5.02 Å². The fourth-order valence-corrected chi connectivity index (χ4v) is 4.85. The van der Waals surface area contributed by atoms with Crippen molar-refractivity contribution in [3.63, 3.8) is 0 Å². The molecule has 3 rings (SSSR count). The molecule has 0 saturated carbocycles. The van der Waals surface area contributed by atoms with Crippen molar-refractivity contribution in [3.8, 4) is 0 Å². The molecular formula is C19H20ClN3O6S. The van der Waals surface area contributed by atoms with Crippen molar-refractivity contribution in [3.05, 3.63) is 52.7 Å². The van der Waals surface area contributed by atoms with Gasteiger partial charge in [-0.25, -0.2) is 23.0 Å². The number of methoxy groups -OCH3 is 2. The van der Waals surface area contributed by atoms with Crippen molar-refractivity contribution in [2.24, 2.45) is 0 Å². The van der Waals surface area contributed by atoms with Crippen LogP contribution in [0.3, 0.4) is 0 Å². The molecule has 0 radical (unpaired) electrons.